The molecule has 6 heteroatoms. The fraction of sp³-hybridized carbons (Fsp3) is 0.882. The van der Waals surface area contributed by atoms with E-state index in [2.05, 4.69) is 6.92 Å². The van der Waals surface area contributed by atoms with Crippen LogP contribution in [-0.4, -0.2) is 41.0 Å². The highest BCUT2D eigenvalue weighted by molar-refractivity contribution is 7.37. The Morgan fingerprint density at radius 1 is 0.783 bits per heavy atom. The van der Waals surface area contributed by atoms with Gasteiger partial charge in [-0.3, -0.25) is 9.59 Å². The zero-order chi connectivity index (χ0) is 17.8. The summed E-state index contributed by atoms with van der Waals surface area (Å²) in [6.07, 6.45) is 13.7. The van der Waals surface area contributed by atoms with E-state index in [9.17, 15) is 9.59 Å². The summed E-state index contributed by atoms with van der Waals surface area (Å²) in [7, 11) is 1.17. The van der Waals surface area contributed by atoms with Crippen LogP contribution in [0.5, 0.6) is 0 Å². The van der Waals surface area contributed by atoms with Crippen LogP contribution < -0.4 is 5.73 Å². The highest BCUT2D eigenvalue weighted by Gasteiger charge is 1.99. The third kappa shape index (κ3) is 29.9. The van der Waals surface area contributed by atoms with E-state index in [4.69, 9.17) is 15.9 Å². The molecule has 1 unspecified atom stereocenters. The van der Waals surface area contributed by atoms with Gasteiger partial charge in [-0.05, 0) is 44.6 Å². The van der Waals surface area contributed by atoms with E-state index < -0.39 is 11.9 Å². The van der Waals surface area contributed by atoms with Crippen molar-refractivity contribution < 1.29 is 19.8 Å². The van der Waals surface area contributed by atoms with Gasteiger partial charge in [0, 0.05) is 12.8 Å². The third-order valence-electron chi connectivity index (χ3n) is 3.30. The predicted octanol–water partition coefficient (Wildman–Crippen LogP) is 4.09. The number of carboxylic acid groups (broad SMARTS) is 2. The molecule has 0 aromatic rings. The molecular formula is C17H36NO4P. The fourth-order valence-electron chi connectivity index (χ4n) is 1.93. The minimum absolute atomic E-state index is 0.0628. The Morgan fingerprint density at radius 2 is 1.26 bits per heavy atom. The first-order valence-electron chi connectivity index (χ1n) is 8.89. The molecule has 0 radical (unpaired) electrons. The van der Waals surface area contributed by atoms with Gasteiger partial charge < -0.3 is 15.9 Å². The van der Waals surface area contributed by atoms with Crippen molar-refractivity contribution in [3.63, 3.8) is 0 Å². The largest absolute Gasteiger partial charge is 0.481 e. The van der Waals surface area contributed by atoms with E-state index in [1.165, 1.54) is 65.9 Å². The Bertz CT molecular complexity index is 249. The smallest absolute Gasteiger partial charge is 0.303 e. The molecule has 0 aliphatic rings. The average molecular weight is 349 g/mol. The molecule has 0 bridgehead atoms. The molecule has 5 nitrogen and oxygen atoms in total. The highest BCUT2D eigenvalue weighted by atomic mass is 31.1. The van der Waals surface area contributed by atoms with Crippen molar-refractivity contribution in [2.45, 2.75) is 77.6 Å². The minimum atomic E-state index is -0.870. The maximum absolute atomic E-state index is 9.90. The molecule has 0 rings (SSSR count). The topological polar surface area (TPSA) is 101 Å². The zero-order valence-corrected chi connectivity index (χ0v) is 15.7. The normalized spacial score (nSPS) is 10.5. The summed E-state index contributed by atoms with van der Waals surface area (Å²) in [6, 6.07) is 0. The first-order valence-corrected chi connectivity index (χ1v) is 10.3. The van der Waals surface area contributed by atoms with Crippen molar-refractivity contribution in [2.75, 3.05) is 18.9 Å². The van der Waals surface area contributed by atoms with Gasteiger partial charge in [-0.1, -0.05) is 39.0 Å². The molecule has 0 saturated heterocycles. The number of nitrogens with two attached hydrogens (primary N) is 1. The van der Waals surface area contributed by atoms with Crippen LogP contribution >= 0.6 is 8.58 Å². The van der Waals surface area contributed by atoms with E-state index in [0.29, 0.717) is 12.8 Å². The Balaban J connectivity index is 0. The Labute approximate surface area is 143 Å². The van der Waals surface area contributed by atoms with Gasteiger partial charge in [0.05, 0.1) is 0 Å². The quantitative estimate of drug-likeness (QED) is 0.305. The second kappa shape index (κ2) is 21.3. The molecule has 1 atom stereocenters. The fourth-order valence-corrected chi connectivity index (χ4v) is 3.14. The molecule has 0 saturated carbocycles. The summed E-state index contributed by atoms with van der Waals surface area (Å²) in [5.41, 5.74) is 5.43. The highest BCUT2D eigenvalue weighted by Crippen LogP contribution is 2.15. The lowest BCUT2D eigenvalue weighted by Crippen LogP contribution is -1.98. The molecule has 138 valence electrons. The first kappa shape index (κ1) is 24.6. The van der Waals surface area contributed by atoms with Crippen molar-refractivity contribution in [3.05, 3.63) is 0 Å². The molecule has 0 heterocycles. The number of hydrogen-bond donors (Lipinski definition) is 3. The number of rotatable bonds is 15. The summed E-state index contributed by atoms with van der Waals surface area (Å²) in [4.78, 5) is 19.8. The van der Waals surface area contributed by atoms with E-state index in [0.717, 1.165) is 6.54 Å². The average Bonchev–Trinajstić information content (AvgIpc) is 2.50. The van der Waals surface area contributed by atoms with Crippen molar-refractivity contribution in [1.82, 2.24) is 0 Å². The lowest BCUT2D eigenvalue weighted by molar-refractivity contribution is -0.139. The van der Waals surface area contributed by atoms with Crippen LogP contribution in [0.2, 0.25) is 0 Å². The molecule has 0 spiro atoms. The number of hydrogen-bond acceptors (Lipinski definition) is 3. The Hall–Kier alpha value is -0.670. The molecule has 0 aromatic carbocycles. The van der Waals surface area contributed by atoms with E-state index in [1.807, 2.05) is 0 Å². The molecule has 0 aliphatic carbocycles. The van der Waals surface area contributed by atoms with E-state index in [1.54, 1.807) is 0 Å². The monoisotopic (exact) mass is 349 g/mol. The molecule has 23 heavy (non-hydrogen) atoms. The molecule has 4 N–H and O–H groups in total. The van der Waals surface area contributed by atoms with Gasteiger partial charge in [0.1, 0.15) is 0 Å². The minimum Gasteiger partial charge on any atom is -0.481 e. The van der Waals surface area contributed by atoms with Gasteiger partial charge in [0.25, 0.3) is 0 Å². The SMILES string of the molecule is CCCCCCCCPCCCN.O=C(O)CCCCC(=O)O. The molecule has 0 amide bonds. The van der Waals surface area contributed by atoms with Crippen molar-refractivity contribution in [2.24, 2.45) is 5.73 Å². The summed E-state index contributed by atoms with van der Waals surface area (Å²) in [6.45, 7) is 3.15. The van der Waals surface area contributed by atoms with Crippen LogP contribution in [-0.2, 0) is 9.59 Å². The summed E-state index contributed by atoms with van der Waals surface area (Å²) in [5.74, 6) is -1.74. The molecule has 0 fully saturated rings. The van der Waals surface area contributed by atoms with Gasteiger partial charge in [0.15, 0.2) is 0 Å². The van der Waals surface area contributed by atoms with E-state index in [-0.39, 0.29) is 12.8 Å². The summed E-state index contributed by atoms with van der Waals surface area (Å²) < 4.78 is 0. The second-order valence-corrected chi connectivity index (χ2v) is 7.15. The number of carbonyl (C=O) groups is 2. The molecular weight excluding hydrogens is 313 g/mol. The van der Waals surface area contributed by atoms with Crippen molar-refractivity contribution in [1.29, 1.82) is 0 Å². The number of carboxylic acids is 2. The van der Waals surface area contributed by atoms with Gasteiger partial charge >= 0.3 is 11.9 Å². The van der Waals surface area contributed by atoms with Gasteiger partial charge in [-0.2, -0.15) is 0 Å². The summed E-state index contributed by atoms with van der Waals surface area (Å²) >= 11 is 0. The lowest BCUT2D eigenvalue weighted by atomic mass is 10.1. The van der Waals surface area contributed by atoms with Crippen LogP contribution in [0.3, 0.4) is 0 Å². The van der Waals surface area contributed by atoms with Gasteiger partial charge in [0.2, 0.25) is 0 Å². The third-order valence-corrected chi connectivity index (χ3v) is 4.71. The maximum Gasteiger partial charge on any atom is 0.303 e. The maximum atomic E-state index is 9.90. The Morgan fingerprint density at radius 3 is 1.74 bits per heavy atom. The van der Waals surface area contributed by atoms with Crippen LogP contribution in [0, 0.1) is 0 Å². The van der Waals surface area contributed by atoms with Crippen LogP contribution in [0.4, 0.5) is 0 Å². The Kier molecular flexibility index (Phi) is 22.8. The van der Waals surface area contributed by atoms with Crippen molar-refractivity contribution >= 4 is 20.5 Å². The zero-order valence-electron chi connectivity index (χ0n) is 14.7. The predicted molar refractivity (Wildman–Crippen MR) is 98.8 cm³/mol. The lowest BCUT2D eigenvalue weighted by Gasteiger charge is -2.01. The number of aliphatic carboxylic acids is 2. The van der Waals surface area contributed by atoms with Gasteiger partial charge in [-0.15, -0.1) is 8.58 Å². The van der Waals surface area contributed by atoms with Crippen LogP contribution in [0.25, 0.3) is 0 Å². The second-order valence-electron chi connectivity index (χ2n) is 5.65. The molecule has 0 aliphatic heterocycles. The molecule has 0 aromatic heterocycles. The van der Waals surface area contributed by atoms with Crippen LogP contribution in [0.1, 0.15) is 77.6 Å². The van der Waals surface area contributed by atoms with Gasteiger partial charge in [-0.25, -0.2) is 0 Å². The van der Waals surface area contributed by atoms with Crippen LogP contribution in [0.15, 0.2) is 0 Å². The number of unbranched alkanes of at least 4 members (excludes halogenated alkanes) is 6. The van der Waals surface area contributed by atoms with Crippen molar-refractivity contribution in [3.8, 4) is 0 Å². The standard InChI is InChI=1S/C11H26NP.C6H10O4/c1-2-3-4-5-6-7-10-13-11-8-9-12;7-5(8)3-1-2-4-6(9)10/h13H,2-12H2,1H3;1-4H2,(H,7,8)(H,9,10). The first-order chi connectivity index (χ1) is 11.0. The summed E-state index contributed by atoms with van der Waals surface area (Å²) in [5, 5.41) is 16.3. The van der Waals surface area contributed by atoms with E-state index >= 15 is 0 Å².